The van der Waals surface area contributed by atoms with Crippen LogP contribution in [0.1, 0.15) is 18.4 Å². The molecule has 1 aliphatic carbocycles. The Bertz CT molecular complexity index is 1030. The van der Waals surface area contributed by atoms with Gasteiger partial charge in [-0.25, -0.2) is 21.6 Å². The Morgan fingerprint density at radius 3 is 2.40 bits per heavy atom. The lowest BCUT2D eigenvalue weighted by Gasteiger charge is -2.11. The first kappa shape index (κ1) is 22.1. The minimum atomic E-state index is -3.42. The molecule has 1 unspecified atom stereocenters. The van der Waals surface area contributed by atoms with Crippen molar-refractivity contribution < 1.29 is 26.4 Å². The summed E-state index contributed by atoms with van der Waals surface area (Å²) >= 11 is 0. The van der Waals surface area contributed by atoms with E-state index in [4.69, 9.17) is 0 Å². The number of hydrogen-bond acceptors (Lipinski definition) is 4. The van der Waals surface area contributed by atoms with E-state index in [9.17, 15) is 26.4 Å². The highest BCUT2D eigenvalue weighted by molar-refractivity contribution is 7.90. The molecule has 1 aromatic heterocycles. The third-order valence-corrected chi connectivity index (χ3v) is 6.01. The van der Waals surface area contributed by atoms with E-state index in [0.717, 1.165) is 6.26 Å². The van der Waals surface area contributed by atoms with Crippen molar-refractivity contribution in [3.05, 3.63) is 48.2 Å². The van der Waals surface area contributed by atoms with E-state index in [1.165, 1.54) is 47.3 Å². The molecule has 0 saturated heterocycles. The molecule has 0 radical (unpaired) electrons. The van der Waals surface area contributed by atoms with E-state index in [1.54, 1.807) is 0 Å². The van der Waals surface area contributed by atoms with Crippen LogP contribution in [0.4, 0.5) is 19.0 Å². The van der Waals surface area contributed by atoms with E-state index in [1.807, 2.05) is 0 Å². The summed E-state index contributed by atoms with van der Waals surface area (Å²) < 4.78 is 64.4. The Labute approximate surface area is 172 Å². The van der Waals surface area contributed by atoms with Crippen LogP contribution in [0.2, 0.25) is 0 Å². The number of allylic oxidation sites excluding steroid dienone is 1. The van der Waals surface area contributed by atoms with Crippen LogP contribution < -0.4 is 5.32 Å². The Morgan fingerprint density at radius 1 is 1.20 bits per heavy atom. The van der Waals surface area contributed by atoms with Gasteiger partial charge in [0.05, 0.1) is 11.4 Å². The smallest absolute Gasteiger partial charge is 0.257 e. The number of rotatable bonds is 7. The normalized spacial score (nSPS) is 22.3. The molecule has 6 nitrogen and oxygen atoms in total. The van der Waals surface area contributed by atoms with E-state index < -0.39 is 40.7 Å². The number of alkyl halides is 3. The van der Waals surface area contributed by atoms with Crippen LogP contribution in [0.25, 0.3) is 5.57 Å². The van der Waals surface area contributed by atoms with Gasteiger partial charge in [-0.15, -0.1) is 0 Å². The van der Waals surface area contributed by atoms with Gasteiger partial charge in [0, 0.05) is 24.1 Å². The third kappa shape index (κ3) is 5.29. The van der Waals surface area contributed by atoms with Crippen LogP contribution in [0.5, 0.6) is 0 Å². The maximum absolute atomic E-state index is 13.6. The molecular weight excluding hydrogens is 419 g/mol. The van der Waals surface area contributed by atoms with Gasteiger partial charge < -0.3 is 5.32 Å². The van der Waals surface area contributed by atoms with Gasteiger partial charge in [0.25, 0.3) is 5.91 Å². The minimum Gasteiger partial charge on any atom is -0.305 e. The first-order valence-corrected chi connectivity index (χ1v) is 11.3. The summed E-state index contributed by atoms with van der Waals surface area (Å²) in [5.74, 6) is -0.843. The van der Waals surface area contributed by atoms with Crippen LogP contribution in [0.15, 0.2) is 47.5 Å². The molecule has 1 fully saturated rings. The number of halogens is 3. The lowest BCUT2D eigenvalue weighted by Crippen LogP contribution is -2.15. The lowest BCUT2D eigenvalue weighted by molar-refractivity contribution is -0.111. The van der Waals surface area contributed by atoms with Crippen molar-refractivity contribution in [2.24, 2.45) is 5.92 Å². The fraction of sp³-hybridized carbons (Fsp3) is 0.400. The van der Waals surface area contributed by atoms with Crippen LogP contribution in [0, 0.1) is 5.92 Å². The molecule has 0 bridgehead atoms. The second-order valence-corrected chi connectivity index (χ2v) is 9.26. The highest BCUT2D eigenvalue weighted by atomic mass is 32.2. The largest absolute Gasteiger partial charge is 0.305 e. The molecule has 1 saturated carbocycles. The summed E-state index contributed by atoms with van der Waals surface area (Å²) in [5, 5.41) is 6.63. The SMILES string of the molecule is CS(=O)(=O)c1ccc(C(=CC2C[C@@H](F)[C@@H](F)C2)C(=O)Nc2ccn(CCF)n2)cc1. The molecule has 10 heteroatoms. The highest BCUT2D eigenvalue weighted by Crippen LogP contribution is 2.34. The van der Waals surface area contributed by atoms with Crippen LogP contribution >= 0.6 is 0 Å². The number of nitrogens with zero attached hydrogens (tertiary/aromatic N) is 2. The van der Waals surface area contributed by atoms with E-state index in [-0.39, 0.29) is 35.7 Å². The number of carbonyl (C=O) groups is 1. The zero-order chi connectivity index (χ0) is 21.9. The molecule has 1 amide bonds. The number of carbonyl (C=O) groups excluding carboxylic acids is 1. The molecule has 162 valence electrons. The maximum Gasteiger partial charge on any atom is 0.257 e. The number of aromatic nitrogens is 2. The van der Waals surface area contributed by atoms with Crippen molar-refractivity contribution in [2.45, 2.75) is 36.6 Å². The van der Waals surface area contributed by atoms with Gasteiger partial charge in [0.15, 0.2) is 15.7 Å². The average Bonchev–Trinajstić information content (AvgIpc) is 3.25. The van der Waals surface area contributed by atoms with Crippen molar-refractivity contribution in [1.82, 2.24) is 9.78 Å². The Balaban J connectivity index is 1.89. The molecule has 1 heterocycles. The molecular formula is C20H22F3N3O3S. The van der Waals surface area contributed by atoms with E-state index >= 15 is 0 Å². The fourth-order valence-corrected chi connectivity index (χ4v) is 3.98. The van der Waals surface area contributed by atoms with Gasteiger partial charge in [-0.1, -0.05) is 18.2 Å². The number of nitrogens with one attached hydrogen (secondary N) is 1. The molecule has 0 spiro atoms. The van der Waals surface area contributed by atoms with Crippen LogP contribution in [-0.2, 0) is 21.2 Å². The number of aryl methyl sites for hydroxylation is 1. The zero-order valence-corrected chi connectivity index (χ0v) is 17.1. The summed E-state index contributed by atoms with van der Waals surface area (Å²) in [6, 6.07) is 7.18. The monoisotopic (exact) mass is 441 g/mol. The highest BCUT2D eigenvalue weighted by Gasteiger charge is 2.34. The average molecular weight is 441 g/mol. The van der Waals surface area contributed by atoms with E-state index in [0.29, 0.717) is 5.56 Å². The number of amides is 1. The van der Waals surface area contributed by atoms with Crippen molar-refractivity contribution in [3.63, 3.8) is 0 Å². The molecule has 1 aliphatic rings. The summed E-state index contributed by atoms with van der Waals surface area (Å²) in [4.78, 5) is 13.0. The predicted octanol–water partition coefficient (Wildman–Crippen LogP) is 3.36. The standard InChI is InChI=1S/C20H22F3N3O3S/c1-30(28,29)15-4-2-14(3-5-15)16(10-13-11-17(22)18(23)12-13)20(27)24-19-6-8-26(25-19)9-7-21/h2-6,8,10,13,17-18H,7,9,11-12H2,1H3,(H,24,25,27)/t13?,17-,18+. The summed E-state index contributed by atoms with van der Waals surface area (Å²) in [6.45, 7) is -0.563. The molecule has 1 N–H and O–H groups in total. The van der Waals surface area contributed by atoms with Crippen molar-refractivity contribution in [1.29, 1.82) is 0 Å². The van der Waals surface area contributed by atoms with Crippen molar-refractivity contribution in [3.8, 4) is 0 Å². The van der Waals surface area contributed by atoms with Crippen LogP contribution in [-0.4, -0.2) is 49.4 Å². The van der Waals surface area contributed by atoms with Gasteiger partial charge >= 0.3 is 0 Å². The number of benzene rings is 1. The predicted molar refractivity (Wildman–Crippen MR) is 107 cm³/mol. The summed E-state index contributed by atoms with van der Waals surface area (Å²) in [5.41, 5.74) is 0.558. The van der Waals surface area contributed by atoms with Gasteiger partial charge in [-0.2, -0.15) is 5.10 Å². The molecule has 3 rings (SSSR count). The number of sulfone groups is 1. The van der Waals surface area contributed by atoms with Crippen LogP contribution in [0.3, 0.4) is 0 Å². The summed E-state index contributed by atoms with van der Waals surface area (Å²) in [6.07, 6.45) is 0.849. The Hall–Kier alpha value is -2.62. The third-order valence-electron chi connectivity index (χ3n) is 4.88. The van der Waals surface area contributed by atoms with E-state index in [2.05, 4.69) is 10.4 Å². The zero-order valence-electron chi connectivity index (χ0n) is 16.3. The maximum atomic E-state index is 13.6. The first-order chi connectivity index (χ1) is 14.2. The van der Waals surface area contributed by atoms with Gasteiger partial charge in [0.1, 0.15) is 19.0 Å². The number of hydrogen-bond donors (Lipinski definition) is 1. The first-order valence-electron chi connectivity index (χ1n) is 9.38. The quantitative estimate of drug-likeness (QED) is 0.668. The van der Waals surface area contributed by atoms with Crippen molar-refractivity contribution >= 4 is 27.1 Å². The lowest BCUT2D eigenvalue weighted by atomic mass is 9.98. The second kappa shape index (κ2) is 9.03. The second-order valence-electron chi connectivity index (χ2n) is 7.25. The minimum absolute atomic E-state index is 0.0372. The topological polar surface area (TPSA) is 81.1 Å². The Morgan fingerprint density at radius 2 is 1.83 bits per heavy atom. The van der Waals surface area contributed by atoms with Gasteiger partial charge in [0.2, 0.25) is 0 Å². The van der Waals surface area contributed by atoms with Gasteiger partial charge in [-0.3, -0.25) is 9.48 Å². The Kier molecular flexibility index (Phi) is 6.64. The molecule has 2 aromatic rings. The molecule has 0 aliphatic heterocycles. The molecule has 30 heavy (non-hydrogen) atoms. The molecule has 1 aromatic carbocycles. The van der Waals surface area contributed by atoms with Crippen molar-refractivity contribution in [2.75, 3.05) is 18.2 Å². The molecule has 3 atom stereocenters. The fourth-order valence-electron chi connectivity index (χ4n) is 3.35. The summed E-state index contributed by atoms with van der Waals surface area (Å²) in [7, 11) is -3.42. The number of anilines is 1. The van der Waals surface area contributed by atoms with Gasteiger partial charge in [-0.05, 0) is 36.5 Å².